The number of nitrogens with zero attached hydrogens (tertiary/aromatic N) is 1. The highest BCUT2D eigenvalue weighted by atomic mass is 32.1. The van der Waals surface area contributed by atoms with Crippen LogP contribution in [0.15, 0.2) is 77.5 Å². The summed E-state index contributed by atoms with van der Waals surface area (Å²) in [5.74, 6) is -0.210. The molecule has 1 aromatic heterocycles. The van der Waals surface area contributed by atoms with Gasteiger partial charge in [0.2, 0.25) is 5.91 Å². The van der Waals surface area contributed by atoms with Crippen LogP contribution in [0.25, 0.3) is 0 Å². The van der Waals surface area contributed by atoms with Gasteiger partial charge in [-0.3, -0.25) is 4.79 Å². The van der Waals surface area contributed by atoms with Crippen molar-refractivity contribution >= 4 is 17.2 Å². The number of carbonyl (C=O) groups is 1. The lowest BCUT2D eigenvalue weighted by molar-refractivity contribution is -0.133. The third-order valence-corrected chi connectivity index (χ3v) is 5.08. The smallest absolute Gasteiger partial charge is 0.234 e. The maximum Gasteiger partial charge on any atom is 0.234 e. The van der Waals surface area contributed by atoms with Crippen LogP contribution in [0, 0.1) is 0 Å². The lowest BCUT2D eigenvalue weighted by atomic mass is 9.90. The standard InChI is InChI=1S/C22H23NO2S/c1-25-14-13-23(16-18-12-15-26-17-18)22(24)21(19-8-4-2-5-9-19)20-10-6-3-7-11-20/h2-12,15,17,21H,13-14,16H2,1H3. The number of methoxy groups -OCH3 is 1. The first-order valence-electron chi connectivity index (χ1n) is 8.68. The minimum atomic E-state index is -0.312. The average molecular weight is 365 g/mol. The molecule has 1 amide bonds. The first kappa shape index (κ1) is 18.4. The maximum atomic E-state index is 13.6. The molecule has 2 aromatic carbocycles. The Morgan fingerprint density at radius 3 is 2.12 bits per heavy atom. The summed E-state index contributed by atoms with van der Waals surface area (Å²) in [5.41, 5.74) is 3.17. The Balaban J connectivity index is 1.93. The lowest BCUT2D eigenvalue weighted by Crippen LogP contribution is -2.37. The van der Waals surface area contributed by atoms with Crippen LogP contribution >= 0.6 is 11.3 Å². The number of rotatable bonds is 8. The molecule has 0 unspecified atom stereocenters. The molecule has 0 radical (unpaired) electrons. The van der Waals surface area contributed by atoms with Gasteiger partial charge in [-0.2, -0.15) is 11.3 Å². The van der Waals surface area contributed by atoms with Gasteiger partial charge in [0, 0.05) is 20.2 Å². The molecule has 3 nitrogen and oxygen atoms in total. The quantitative estimate of drug-likeness (QED) is 0.586. The molecule has 0 atom stereocenters. The summed E-state index contributed by atoms with van der Waals surface area (Å²) < 4.78 is 5.24. The fourth-order valence-corrected chi connectivity index (χ4v) is 3.68. The summed E-state index contributed by atoms with van der Waals surface area (Å²) in [6.45, 7) is 1.69. The second-order valence-corrected chi connectivity index (χ2v) is 6.92. The van der Waals surface area contributed by atoms with Gasteiger partial charge in [0.05, 0.1) is 12.5 Å². The molecule has 26 heavy (non-hydrogen) atoms. The van der Waals surface area contributed by atoms with E-state index in [9.17, 15) is 4.79 Å². The Kier molecular flexibility index (Phi) is 6.58. The van der Waals surface area contributed by atoms with Crippen LogP contribution in [0.2, 0.25) is 0 Å². The van der Waals surface area contributed by atoms with Crippen molar-refractivity contribution in [2.45, 2.75) is 12.5 Å². The highest BCUT2D eigenvalue weighted by molar-refractivity contribution is 7.07. The number of hydrogen-bond acceptors (Lipinski definition) is 3. The third-order valence-electron chi connectivity index (χ3n) is 4.34. The number of hydrogen-bond donors (Lipinski definition) is 0. The zero-order valence-electron chi connectivity index (χ0n) is 14.9. The molecule has 4 heteroatoms. The molecule has 0 saturated carbocycles. The highest BCUT2D eigenvalue weighted by Gasteiger charge is 2.27. The zero-order valence-corrected chi connectivity index (χ0v) is 15.7. The first-order valence-corrected chi connectivity index (χ1v) is 9.62. The van der Waals surface area contributed by atoms with E-state index in [2.05, 4.69) is 11.4 Å². The second kappa shape index (κ2) is 9.32. The monoisotopic (exact) mass is 365 g/mol. The zero-order chi connectivity index (χ0) is 18.2. The number of thiophene rings is 1. The number of carbonyl (C=O) groups excluding carboxylic acids is 1. The van der Waals surface area contributed by atoms with Gasteiger partial charge >= 0.3 is 0 Å². The molecule has 1 heterocycles. The van der Waals surface area contributed by atoms with E-state index in [-0.39, 0.29) is 11.8 Å². The van der Waals surface area contributed by atoms with Gasteiger partial charge in [-0.15, -0.1) is 0 Å². The Morgan fingerprint density at radius 1 is 1.00 bits per heavy atom. The fourth-order valence-electron chi connectivity index (χ4n) is 3.02. The predicted molar refractivity (Wildman–Crippen MR) is 106 cm³/mol. The van der Waals surface area contributed by atoms with Crippen molar-refractivity contribution in [1.29, 1.82) is 0 Å². The molecule has 0 N–H and O–H groups in total. The van der Waals surface area contributed by atoms with Crippen LogP contribution in [-0.2, 0) is 16.1 Å². The van der Waals surface area contributed by atoms with Gasteiger partial charge in [-0.25, -0.2) is 0 Å². The first-order chi connectivity index (χ1) is 12.8. The van der Waals surface area contributed by atoms with Crippen LogP contribution in [0.4, 0.5) is 0 Å². The number of ether oxygens (including phenoxy) is 1. The van der Waals surface area contributed by atoms with Gasteiger partial charge in [-0.1, -0.05) is 60.7 Å². The van der Waals surface area contributed by atoms with E-state index in [0.717, 1.165) is 16.7 Å². The summed E-state index contributed by atoms with van der Waals surface area (Å²) in [6.07, 6.45) is 0. The second-order valence-electron chi connectivity index (χ2n) is 6.14. The van der Waals surface area contributed by atoms with E-state index in [0.29, 0.717) is 19.7 Å². The van der Waals surface area contributed by atoms with Crippen molar-refractivity contribution < 1.29 is 9.53 Å². The summed E-state index contributed by atoms with van der Waals surface area (Å²) in [6, 6.07) is 22.0. The summed E-state index contributed by atoms with van der Waals surface area (Å²) in [7, 11) is 1.67. The summed E-state index contributed by atoms with van der Waals surface area (Å²) >= 11 is 1.65. The molecule has 3 aromatic rings. The van der Waals surface area contributed by atoms with Crippen molar-refractivity contribution in [3.8, 4) is 0 Å². The van der Waals surface area contributed by atoms with Gasteiger partial charge < -0.3 is 9.64 Å². The van der Waals surface area contributed by atoms with E-state index >= 15 is 0 Å². The lowest BCUT2D eigenvalue weighted by Gasteiger charge is -2.28. The largest absolute Gasteiger partial charge is 0.383 e. The SMILES string of the molecule is COCCN(Cc1ccsc1)C(=O)C(c1ccccc1)c1ccccc1. The van der Waals surface area contributed by atoms with E-state index in [1.165, 1.54) is 0 Å². The van der Waals surface area contributed by atoms with Crippen LogP contribution < -0.4 is 0 Å². The van der Waals surface area contributed by atoms with Crippen molar-refractivity contribution in [3.63, 3.8) is 0 Å². The summed E-state index contributed by atoms with van der Waals surface area (Å²) in [5, 5.41) is 4.13. The molecular formula is C22H23NO2S. The molecular weight excluding hydrogens is 342 g/mol. The Labute approximate surface area is 158 Å². The van der Waals surface area contributed by atoms with E-state index in [1.54, 1.807) is 18.4 Å². The Bertz CT molecular complexity index is 748. The van der Waals surface area contributed by atoms with Crippen molar-refractivity contribution in [2.24, 2.45) is 0 Å². The minimum Gasteiger partial charge on any atom is -0.383 e. The van der Waals surface area contributed by atoms with Crippen LogP contribution in [0.5, 0.6) is 0 Å². The summed E-state index contributed by atoms with van der Waals surface area (Å²) in [4.78, 5) is 15.4. The predicted octanol–water partition coefficient (Wildman–Crippen LogP) is 4.56. The van der Waals surface area contributed by atoms with E-state index in [4.69, 9.17) is 4.74 Å². The van der Waals surface area contributed by atoms with Crippen molar-refractivity contribution in [3.05, 3.63) is 94.2 Å². The fraction of sp³-hybridized carbons (Fsp3) is 0.227. The highest BCUT2D eigenvalue weighted by Crippen LogP contribution is 2.27. The van der Waals surface area contributed by atoms with Crippen molar-refractivity contribution in [2.75, 3.05) is 20.3 Å². The normalized spacial score (nSPS) is 10.8. The van der Waals surface area contributed by atoms with Crippen LogP contribution in [0.1, 0.15) is 22.6 Å². The van der Waals surface area contributed by atoms with Gasteiger partial charge in [0.1, 0.15) is 0 Å². The average Bonchev–Trinajstić information content (AvgIpc) is 3.20. The topological polar surface area (TPSA) is 29.5 Å². The van der Waals surface area contributed by atoms with E-state index in [1.807, 2.05) is 70.9 Å². The van der Waals surface area contributed by atoms with Gasteiger partial charge in [0.25, 0.3) is 0 Å². The van der Waals surface area contributed by atoms with Gasteiger partial charge in [0.15, 0.2) is 0 Å². The number of benzene rings is 2. The molecule has 3 rings (SSSR count). The number of amides is 1. The molecule has 0 aliphatic rings. The molecule has 0 saturated heterocycles. The van der Waals surface area contributed by atoms with E-state index < -0.39 is 0 Å². The Morgan fingerprint density at radius 2 is 1.62 bits per heavy atom. The molecule has 0 fully saturated rings. The van der Waals surface area contributed by atoms with Gasteiger partial charge in [-0.05, 0) is 33.5 Å². The third kappa shape index (κ3) is 4.59. The molecule has 0 aliphatic heterocycles. The molecule has 0 bridgehead atoms. The minimum absolute atomic E-state index is 0.102. The van der Waals surface area contributed by atoms with Crippen LogP contribution in [-0.4, -0.2) is 31.1 Å². The van der Waals surface area contributed by atoms with Crippen LogP contribution in [0.3, 0.4) is 0 Å². The molecule has 134 valence electrons. The molecule has 0 spiro atoms. The Hall–Kier alpha value is -2.43. The maximum absolute atomic E-state index is 13.6. The molecule has 0 aliphatic carbocycles. The van der Waals surface area contributed by atoms with Crippen molar-refractivity contribution in [1.82, 2.24) is 4.90 Å².